The first kappa shape index (κ1) is 12.4. The maximum atomic E-state index is 11.6. The van der Waals surface area contributed by atoms with Gasteiger partial charge in [0.15, 0.2) is 6.29 Å². The van der Waals surface area contributed by atoms with Crippen LogP contribution >= 0.6 is 0 Å². The van der Waals surface area contributed by atoms with Crippen molar-refractivity contribution in [2.75, 3.05) is 0 Å². The first-order valence-corrected chi connectivity index (χ1v) is 7.54. The lowest BCUT2D eigenvalue weighted by Gasteiger charge is -2.16. The van der Waals surface area contributed by atoms with Crippen molar-refractivity contribution in [1.82, 2.24) is 4.40 Å². The minimum absolute atomic E-state index is 0.784. The number of carbonyl (C=O) groups is 1. The lowest BCUT2D eigenvalue weighted by Crippen LogP contribution is -2.02. The Kier molecular flexibility index (Phi) is 2.88. The van der Waals surface area contributed by atoms with Gasteiger partial charge in [0.1, 0.15) is 0 Å². The van der Waals surface area contributed by atoms with Crippen LogP contribution in [0.2, 0.25) is 0 Å². The summed E-state index contributed by atoms with van der Waals surface area (Å²) in [7, 11) is 0. The predicted molar refractivity (Wildman–Crippen MR) is 84.9 cm³/mol. The molecule has 0 saturated heterocycles. The van der Waals surface area contributed by atoms with Crippen molar-refractivity contribution in [2.45, 2.75) is 25.7 Å². The summed E-state index contributed by atoms with van der Waals surface area (Å²) in [5.41, 5.74) is 6.87. The van der Waals surface area contributed by atoms with Gasteiger partial charge in [0.2, 0.25) is 0 Å². The Bertz CT molecular complexity index is 829. The molecule has 1 aliphatic carbocycles. The van der Waals surface area contributed by atoms with E-state index in [1.54, 1.807) is 0 Å². The monoisotopic (exact) mass is 275 g/mol. The van der Waals surface area contributed by atoms with Crippen LogP contribution < -0.4 is 0 Å². The molecule has 2 aromatic heterocycles. The second kappa shape index (κ2) is 4.88. The molecule has 2 heterocycles. The highest BCUT2D eigenvalue weighted by molar-refractivity contribution is 5.96. The molecule has 0 unspecified atom stereocenters. The zero-order valence-electron chi connectivity index (χ0n) is 11.9. The molecule has 21 heavy (non-hydrogen) atoms. The van der Waals surface area contributed by atoms with Crippen molar-refractivity contribution in [1.29, 1.82) is 0 Å². The summed E-state index contributed by atoms with van der Waals surface area (Å²) >= 11 is 0. The van der Waals surface area contributed by atoms with E-state index < -0.39 is 0 Å². The highest BCUT2D eigenvalue weighted by Gasteiger charge is 2.14. The molecular formula is C19H17NO. The number of carbonyl (C=O) groups excluding carboxylic acids is 1. The van der Waals surface area contributed by atoms with E-state index in [9.17, 15) is 4.79 Å². The van der Waals surface area contributed by atoms with E-state index in [1.807, 2.05) is 28.8 Å². The molecule has 2 heteroatoms. The lowest BCUT2D eigenvalue weighted by atomic mass is 9.89. The topological polar surface area (TPSA) is 21.5 Å². The summed E-state index contributed by atoms with van der Waals surface area (Å²) in [5, 5.41) is 0. The molecule has 0 radical (unpaired) electrons. The number of aldehydes is 1. The quantitative estimate of drug-likeness (QED) is 0.639. The molecular weight excluding hydrogens is 258 g/mol. The molecule has 0 atom stereocenters. The molecule has 0 spiro atoms. The van der Waals surface area contributed by atoms with Gasteiger partial charge in [-0.1, -0.05) is 24.3 Å². The zero-order valence-corrected chi connectivity index (χ0v) is 11.9. The number of hydrogen-bond acceptors (Lipinski definition) is 1. The van der Waals surface area contributed by atoms with Crippen molar-refractivity contribution in [2.24, 2.45) is 0 Å². The molecule has 1 aromatic carbocycles. The number of aryl methyl sites for hydroxylation is 2. The second-order valence-corrected chi connectivity index (χ2v) is 5.76. The van der Waals surface area contributed by atoms with Gasteiger partial charge in [-0.05, 0) is 54.5 Å². The Hall–Kier alpha value is -2.35. The third kappa shape index (κ3) is 1.99. The van der Waals surface area contributed by atoms with E-state index >= 15 is 0 Å². The number of rotatable bonds is 2. The maximum Gasteiger partial charge on any atom is 0.152 e. The van der Waals surface area contributed by atoms with Gasteiger partial charge in [0.25, 0.3) is 0 Å². The first-order chi connectivity index (χ1) is 10.4. The average molecular weight is 275 g/mol. The van der Waals surface area contributed by atoms with E-state index in [1.165, 1.54) is 30.4 Å². The molecule has 0 amide bonds. The van der Waals surface area contributed by atoms with Crippen LogP contribution in [0, 0.1) is 0 Å². The largest absolute Gasteiger partial charge is 0.322 e. The molecule has 0 N–H and O–H groups in total. The third-order valence-electron chi connectivity index (χ3n) is 4.50. The summed E-state index contributed by atoms with van der Waals surface area (Å²) in [6.07, 6.45) is 9.94. The third-order valence-corrected chi connectivity index (χ3v) is 4.50. The minimum atomic E-state index is 0.784. The Labute approximate surface area is 124 Å². The molecule has 104 valence electrons. The fourth-order valence-electron chi connectivity index (χ4n) is 3.40. The van der Waals surface area contributed by atoms with Gasteiger partial charge >= 0.3 is 0 Å². The van der Waals surface area contributed by atoms with Crippen LogP contribution in [0.4, 0.5) is 0 Å². The van der Waals surface area contributed by atoms with Crippen molar-refractivity contribution >= 4 is 11.8 Å². The van der Waals surface area contributed by atoms with Gasteiger partial charge in [-0.3, -0.25) is 4.79 Å². The lowest BCUT2D eigenvalue weighted by molar-refractivity contribution is 0.112. The molecule has 1 aliphatic rings. The van der Waals surface area contributed by atoms with Gasteiger partial charge < -0.3 is 4.40 Å². The standard InChI is InChI=1S/C19H17NO/c21-13-18-17(12-20-10-4-3-7-19(18)20)16-9-8-14-5-1-2-6-15(14)11-16/h3-4,7-13H,1-2,5-6H2. The van der Waals surface area contributed by atoms with Crippen molar-refractivity contribution in [3.63, 3.8) is 0 Å². The average Bonchev–Trinajstić information content (AvgIpc) is 2.93. The van der Waals surface area contributed by atoms with Crippen LogP contribution in [-0.4, -0.2) is 10.7 Å². The van der Waals surface area contributed by atoms with Crippen molar-refractivity contribution in [3.8, 4) is 11.1 Å². The van der Waals surface area contributed by atoms with E-state index in [-0.39, 0.29) is 0 Å². The summed E-state index contributed by atoms with van der Waals surface area (Å²) in [4.78, 5) is 11.6. The number of nitrogens with zero attached hydrogens (tertiary/aromatic N) is 1. The van der Waals surface area contributed by atoms with E-state index in [0.29, 0.717) is 0 Å². The summed E-state index contributed by atoms with van der Waals surface area (Å²) < 4.78 is 2.03. The van der Waals surface area contributed by atoms with Gasteiger partial charge in [-0.15, -0.1) is 0 Å². The first-order valence-electron chi connectivity index (χ1n) is 7.54. The SMILES string of the molecule is O=Cc1c(-c2ccc3c(c2)CCCC3)cn2ccccc12. The number of hydrogen-bond donors (Lipinski definition) is 0. The van der Waals surface area contributed by atoms with E-state index in [2.05, 4.69) is 24.4 Å². The predicted octanol–water partition coefficient (Wildman–Crippen LogP) is 4.30. The van der Waals surface area contributed by atoms with Crippen LogP contribution in [0.3, 0.4) is 0 Å². The highest BCUT2D eigenvalue weighted by atomic mass is 16.1. The Balaban J connectivity index is 1.91. The summed E-state index contributed by atoms with van der Waals surface area (Å²) in [6, 6.07) is 12.6. The van der Waals surface area contributed by atoms with Crippen LogP contribution in [0.25, 0.3) is 16.6 Å². The summed E-state index contributed by atoms with van der Waals surface area (Å²) in [5.74, 6) is 0. The molecule has 0 aliphatic heterocycles. The molecule has 4 rings (SSSR count). The van der Waals surface area contributed by atoms with Gasteiger partial charge in [-0.2, -0.15) is 0 Å². The Morgan fingerprint density at radius 3 is 2.71 bits per heavy atom. The van der Waals surface area contributed by atoms with Crippen LogP contribution in [-0.2, 0) is 12.8 Å². The number of benzene rings is 1. The van der Waals surface area contributed by atoms with Gasteiger partial charge in [0.05, 0.1) is 5.52 Å². The molecule has 2 nitrogen and oxygen atoms in total. The fraction of sp³-hybridized carbons (Fsp3) is 0.211. The zero-order chi connectivity index (χ0) is 14.2. The Morgan fingerprint density at radius 1 is 1.00 bits per heavy atom. The molecule has 0 bridgehead atoms. The van der Waals surface area contributed by atoms with E-state index in [4.69, 9.17) is 0 Å². The van der Waals surface area contributed by atoms with Crippen LogP contribution in [0.1, 0.15) is 34.3 Å². The fourth-order valence-corrected chi connectivity index (χ4v) is 3.40. The Morgan fingerprint density at radius 2 is 1.86 bits per heavy atom. The minimum Gasteiger partial charge on any atom is -0.322 e. The normalized spacial score (nSPS) is 14.1. The van der Waals surface area contributed by atoms with Gasteiger partial charge in [0, 0.05) is 23.5 Å². The van der Waals surface area contributed by atoms with Gasteiger partial charge in [-0.25, -0.2) is 0 Å². The van der Waals surface area contributed by atoms with E-state index in [0.717, 1.165) is 34.9 Å². The molecule has 0 fully saturated rings. The molecule has 0 saturated carbocycles. The molecule has 3 aromatic rings. The highest BCUT2D eigenvalue weighted by Crippen LogP contribution is 2.31. The van der Waals surface area contributed by atoms with Crippen molar-refractivity contribution < 1.29 is 4.79 Å². The van der Waals surface area contributed by atoms with Crippen molar-refractivity contribution in [3.05, 3.63) is 65.5 Å². The maximum absolute atomic E-state index is 11.6. The van der Waals surface area contributed by atoms with Crippen LogP contribution in [0.15, 0.2) is 48.8 Å². The smallest absolute Gasteiger partial charge is 0.152 e. The number of aromatic nitrogens is 1. The number of fused-ring (bicyclic) bond motifs is 2. The summed E-state index contributed by atoms with van der Waals surface area (Å²) in [6.45, 7) is 0. The number of pyridine rings is 1. The van der Waals surface area contributed by atoms with Crippen LogP contribution in [0.5, 0.6) is 0 Å². The second-order valence-electron chi connectivity index (χ2n) is 5.76.